The Morgan fingerprint density at radius 1 is 1.43 bits per heavy atom. The Labute approximate surface area is 85.9 Å². The van der Waals surface area contributed by atoms with Crippen LogP contribution in [0.3, 0.4) is 0 Å². The van der Waals surface area contributed by atoms with E-state index >= 15 is 0 Å². The van der Waals surface area contributed by atoms with E-state index in [1.54, 1.807) is 0 Å². The lowest BCUT2D eigenvalue weighted by Gasteiger charge is -2.18. The predicted molar refractivity (Wildman–Crippen MR) is 55.8 cm³/mol. The number of nitrogens with one attached hydrogen (secondary N) is 1. The van der Waals surface area contributed by atoms with Crippen molar-refractivity contribution in [2.75, 3.05) is 13.2 Å². The molecule has 2 atom stereocenters. The molecular formula is C11H21NO2. The van der Waals surface area contributed by atoms with Gasteiger partial charge in [0.25, 0.3) is 0 Å². The summed E-state index contributed by atoms with van der Waals surface area (Å²) >= 11 is 0. The van der Waals surface area contributed by atoms with Crippen molar-refractivity contribution in [3.8, 4) is 0 Å². The molecule has 0 heterocycles. The second-order valence-corrected chi connectivity index (χ2v) is 4.53. The molecule has 82 valence electrons. The van der Waals surface area contributed by atoms with E-state index in [0.29, 0.717) is 11.8 Å². The van der Waals surface area contributed by atoms with Crippen molar-refractivity contribution in [3.05, 3.63) is 0 Å². The van der Waals surface area contributed by atoms with Crippen molar-refractivity contribution in [1.82, 2.24) is 5.32 Å². The Bertz CT molecular complexity index is 192. The molecule has 0 aromatic carbocycles. The van der Waals surface area contributed by atoms with E-state index in [4.69, 9.17) is 5.11 Å². The van der Waals surface area contributed by atoms with Crippen molar-refractivity contribution in [1.29, 1.82) is 0 Å². The Morgan fingerprint density at radius 2 is 2.07 bits per heavy atom. The Kier molecular flexibility index (Phi) is 4.39. The zero-order valence-electron chi connectivity index (χ0n) is 9.12. The van der Waals surface area contributed by atoms with Gasteiger partial charge in [-0.3, -0.25) is 4.79 Å². The van der Waals surface area contributed by atoms with E-state index < -0.39 is 0 Å². The van der Waals surface area contributed by atoms with Crippen LogP contribution in [0, 0.1) is 17.8 Å². The number of hydrogen-bond donors (Lipinski definition) is 2. The van der Waals surface area contributed by atoms with Gasteiger partial charge in [0.2, 0.25) is 5.91 Å². The zero-order chi connectivity index (χ0) is 10.6. The fourth-order valence-electron chi connectivity index (χ4n) is 2.06. The molecule has 1 aliphatic carbocycles. The van der Waals surface area contributed by atoms with E-state index in [-0.39, 0.29) is 18.4 Å². The second-order valence-electron chi connectivity index (χ2n) is 4.53. The lowest BCUT2D eigenvalue weighted by atomic mass is 9.97. The highest BCUT2D eigenvalue weighted by atomic mass is 16.3. The highest BCUT2D eigenvalue weighted by Gasteiger charge is 2.26. The summed E-state index contributed by atoms with van der Waals surface area (Å²) in [5.74, 6) is 1.07. The fraction of sp³-hybridized carbons (Fsp3) is 0.909. The summed E-state index contributed by atoms with van der Waals surface area (Å²) in [6.45, 7) is 4.80. The summed E-state index contributed by atoms with van der Waals surface area (Å²) in [5, 5.41) is 12.0. The van der Waals surface area contributed by atoms with E-state index in [9.17, 15) is 4.79 Å². The zero-order valence-corrected chi connectivity index (χ0v) is 9.12. The van der Waals surface area contributed by atoms with Gasteiger partial charge in [-0.1, -0.05) is 20.3 Å². The Hall–Kier alpha value is -0.570. The van der Waals surface area contributed by atoms with Gasteiger partial charge in [-0.05, 0) is 24.7 Å². The molecule has 0 aromatic rings. The van der Waals surface area contributed by atoms with Gasteiger partial charge in [-0.25, -0.2) is 0 Å². The van der Waals surface area contributed by atoms with Crippen LogP contribution in [-0.4, -0.2) is 24.2 Å². The van der Waals surface area contributed by atoms with E-state index in [1.165, 1.54) is 6.42 Å². The van der Waals surface area contributed by atoms with E-state index in [0.717, 1.165) is 19.4 Å². The average molecular weight is 199 g/mol. The molecular weight excluding hydrogens is 178 g/mol. The first-order valence-electron chi connectivity index (χ1n) is 5.53. The highest BCUT2D eigenvalue weighted by Crippen LogP contribution is 2.30. The molecule has 0 aromatic heterocycles. The molecule has 0 saturated heterocycles. The molecule has 2 unspecified atom stereocenters. The highest BCUT2D eigenvalue weighted by molar-refractivity contribution is 5.77. The minimum Gasteiger partial charge on any atom is -0.396 e. The lowest BCUT2D eigenvalue weighted by Crippen LogP contribution is -2.34. The van der Waals surface area contributed by atoms with Crippen LogP contribution in [0.2, 0.25) is 0 Å². The van der Waals surface area contributed by atoms with Crippen LogP contribution in [-0.2, 0) is 4.79 Å². The Morgan fingerprint density at radius 3 is 2.64 bits per heavy atom. The summed E-state index contributed by atoms with van der Waals surface area (Å²) in [6, 6.07) is 0. The molecule has 0 aliphatic heterocycles. The van der Waals surface area contributed by atoms with Crippen LogP contribution in [0.25, 0.3) is 0 Å². The van der Waals surface area contributed by atoms with Gasteiger partial charge in [0, 0.05) is 19.1 Å². The van der Waals surface area contributed by atoms with Crippen molar-refractivity contribution in [2.24, 2.45) is 17.8 Å². The number of carbonyl (C=O) groups excluding carboxylic acids is 1. The molecule has 2 N–H and O–H groups in total. The molecule has 1 amide bonds. The third kappa shape index (κ3) is 2.98. The van der Waals surface area contributed by atoms with Crippen LogP contribution in [0.4, 0.5) is 0 Å². The van der Waals surface area contributed by atoms with Gasteiger partial charge in [-0.2, -0.15) is 0 Å². The summed E-state index contributed by atoms with van der Waals surface area (Å²) in [4.78, 5) is 11.3. The standard InChI is InChI=1S/C11H21NO2/c1-8(2)11(14)12-6-9-4-3-5-10(9)7-13/h8-10,13H,3-7H2,1-2H3,(H,12,14). The predicted octanol–water partition coefficient (Wildman–Crippen LogP) is 1.17. The van der Waals surface area contributed by atoms with Gasteiger partial charge in [0.05, 0.1) is 0 Å². The molecule has 0 bridgehead atoms. The fourth-order valence-corrected chi connectivity index (χ4v) is 2.06. The van der Waals surface area contributed by atoms with Gasteiger partial charge >= 0.3 is 0 Å². The maximum Gasteiger partial charge on any atom is 0.222 e. The number of rotatable bonds is 4. The molecule has 3 nitrogen and oxygen atoms in total. The minimum absolute atomic E-state index is 0.0592. The smallest absolute Gasteiger partial charge is 0.222 e. The molecule has 0 radical (unpaired) electrons. The van der Waals surface area contributed by atoms with E-state index in [1.807, 2.05) is 13.8 Å². The average Bonchev–Trinajstić information content (AvgIpc) is 2.60. The van der Waals surface area contributed by atoms with Crippen molar-refractivity contribution >= 4 is 5.91 Å². The quantitative estimate of drug-likeness (QED) is 0.714. The molecule has 1 saturated carbocycles. The van der Waals surface area contributed by atoms with Crippen LogP contribution >= 0.6 is 0 Å². The number of hydrogen-bond acceptors (Lipinski definition) is 2. The molecule has 1 fully saturated rings. The molecule has 1 aliphatic rings. The van der Waals surface area contributed by atoms with Crippen LogP contribution in [0.15, 0.2) is 0 Å². The first-order valence-corrected chi connectivity index (χ1v) is 5.53. The maximum absolute atomic E-state index is 11.3. The number of carbonyl (C=O) groups is 1. The minimum atomic E-state index is 0.0592. The van der Waals surface area contributed by atoms with Crippen molar-refractivity contribution in [2.45, 2.75) is 33.1 Å². The first-order chi connectivity index (χ1) is 6.65. The summed E-state index contributed by atoms with van der Waals surface area (Å²) in [6.07, 6.45) is 3.44. The largest absolute Gasteiger partial charge is 0.396 e. The SMILES string of the molecule is CC(C)C(=O)NCC1CCCC1CO. The normalized spacial score (nSPS) is 26.9. The number of aliphatic hydroxyl groups is 1. The lowest BCUT2D eigenvalue weighted by molar-refractivity contribution is -0.124. The molecule has 0 spiro atoms. The van der Waals surface area contributed by atoms with Gasteiger partial charge in [-0.15, -0.1) is 0 Å². The molecule has 14 heavy (non-hydrogen) atoms. The summed E-state index contributed by atoms with van der Waals surface area (Å²) in [7, 11) is 0. The van der Waals surface area contributed by atoms with Crippen LogP contribution in [0.5, 0.6) is 0 Å². The third-order valence-electron chi connectivity index (χ3n) is 3.11. The number of amides is 1. The molecule has 3 heteroatoms. The maximum atomic E-state index is 11.3. The van der Waals surface area contributed by atoms with Crippen LogP contribution in [0.1, 0.15) is 33.1 Å². The van der Waals surface area contributed by atoms with Gasteiger partial charge in [0.1, 0.15) is 0 Å². The van der Waals surface area contributed by atoms with Crippen molar-refractivity contribution in [3.63, 3.8) is 0 Å². The van der Waals surface area contributed by atoms with Crippen LogP contribution < -0.4 is 5.32 Å². The van der Waals surface area contributed by atoms with Gasteiger partial charge in [0.15, 0.2) is 0 Å². The van der Waals surface area contributed by atoms with E-state index in [2.05, 4.69) is 5.32 Å². The summed E-state index contributed by atoms with van der Waals surface area (Å²) in [5.41, 5.74) is 0. The first kappa shape index (κ1) is 11.5. The second kappa shape index (κ2) is 5.35. The monoisotopic (exact) mass is 199 g/mol. The van der Waals surface area contributed by atoms with Gasteiger partial charge < -0.3 is 10.4 Å². The molecule has 1 rings (SSSR count). The van der Waals surface area contributed by atoms with Crippen molar-refractivity contribution < 1.29 is 9.90 Å². The Balaban J connectivity index is 2.27. The third-order valence-corrected chi connectivity index (χ3v) is 3.11. The summed E-state index contributed by atoms with van der Waals surface area (Å²) < 4.78 is 0. The topological polar surface area (TPSA) is 49.3 Å². The number of aliphatic hydroxyl groups excluding tert-OH is 1.